The Hall–Kier alpha value is -1.55. The van der Waals surface area contributed by atoms with Gasteiger partial charge in [-0.1, -0.05) is 12.5 Å². The third kappa shape index (κ3) is 7.24. The molecule has 1 saturated heterocycles. The van der Waals surface area contributed by atoms with Crippen molar-refractivity contribution >= 4 is 46.3 Å². The van der Waals surface area contributed by atoms with E-state index in [-0.39, 0.29) is 24.0 Å². The van der Waals surface area contributed by atoms with Gasteiger partial charge >= 0.3 is 0 Å². The molecule has 4 rings (SSSR count). The lowest BCUT2D eigenvalue weighted by Gasteiger charge is -2.33. The Labute approximate surface area is 206 Å². The number of rotatable bonds is 6. The number of pyridine rings is 1. The first-order chi connectivity index (χ1) is 14.8. The summed E-state index contributed by atoms with van der Waals surface area (Å²) in [6.45, 7) is 2.87. The van der Waals surface area contributed by atoms with E-state index in [1.54, 1.807) is 0 Å². The molecule has 2 aliphatic rings. The second kappa shape index (κ2) is 12.5. The van der Waals surface area contributed by atoms with Crippen LogP contribution in [0.5, 0.6) is 5.88 Å². The van der Waals surface area contributed by atoms with E-state index in [4.69, 9.17) is 4.74 Å². The van der Waals surface area contributed by atoms with Crippen molar-refractivity contribution in [1.29, 1.82) is 0 Å². The van der Waals surface area contributed by atoms with Gasteiger partial charge in [-0.15, -0.1) is 35.3 Å². The maximum absolute atomic E-state index is 6.02. The molecule has 6 nitrogen and oxygen atoms in total. The Kier molecular flexibility index (Phi) is 9.70. The Morgan fingerprint density at radius 1 is 1.16 bits per heavy atom. The van der Waals surface area contributed by atoms with Crippen LogP contribution in [0.4, 0.5) is 5.00 Å². The number of thiophene rings is 1. The van der Waals surface area contributed by atoms with E-state index in [2.05, 4.69) is 49.1 Å². The predicted octanol–water partition coefficient (Wildman–Crippen LogP) is 4.81. The Morgan fingerprint density at radius 3 is 2.61 bits per heavy atom. The molecule has 0 atom stereocenters. The van der Waals surface area contributed by atoms with Gasteiger partial charge in [0.1, 0.15) is 6.10 Å². The molecule has 31 heavy (non-hydrogen) atoms. The average Bonchev–Trinajstić information content (AvgIpc) is 3.34. The molecule has 0 aromatic carbocycles. The molecule has 8 heteroatoms. The van der Waals surface area contributed by atoms with Crippen molar-refractivity contribution in [3.63, 3.8) is 0 Å². The molecule has 2 fully saturated rings. The van der Waals surface area contributed by atoms with E-state index in [0.29, 0.717) is 18.7 Å². The molecule has 0 radical (unpaired) electrons. The van der Waals surface area contributed by atoms with Crippen LogP contribution in [0.3, 0.4) is 0 Å². The van der Waals surface area contributed by atoms with Gasteiger partial charge in [-0.2, -0.15) is 0 Å². The van der Waals surface area contributed by atoms with E-state index in [1.807, 2.05) is 30.6 Å². The highest BCUT2D eigenvalue weighted by atomic mass is 127. The molecular formula is C23H34IN5OS. The molecule has 1 aliphatic heterocycles. The highest BCUT2D eigenvalue weighted by Crippen LogP contribution is 2.25. The Balaban J connectivity index is 0.00000272. The number of anilines is 1. The summed E-state index contributed by atoms with van der Waals surface area (Å²) in [5, 5.41) is 10.5. The van der Waals surface area contributed by atoms with Crippen LogP contribution in [0, 0.1) is 0 Å². The van der Waals surface area contributed by atoms with Gasteiger partial charge in [0.25, 0.3) is 0 Å². The normalized spacial score (nSPS) is 18.4. The number of nitrogens with one attached hydrogen (secondary N) is 2. The molecule has 3 heterocycles. The molecular weight excluding hydrogens is 521 g/mol. The molecule has 1 saturated carbocycles. The highest BCUT2D eigenvalue weighted by Gasteiger charge is 2.20. The zero-order valence-corrected chi connectivity index (χ0v) is 21.4. The fraction of sp³-hybridized carbons (Fsp3) is 0.565. The number of halogens is 1. The fourth-order valence-corrected chi connectivity index (χ4v) is 4.99. The van der Waals surface area contributed by atoms with Crippen LogP contribution in [-0.2, 0) is 6.54 Å². The smallest absolute Gasteiger partial charge is 0.213 e. The lowest BCUT2D eigenvalue weighted by Crippen LogP contribution is -2.48. The quantitative estimate of drug-likeness (QED) is 0.305. The molecule has 170 valence electrons. The van der Waals surface area contributed by atoms with Crippen LogP contribution in [0.2, 0.25) is 0 Å². The third-order valence-corrected chi connectivity index (χ3v) is 6.90. The second-order valence-electron chi connectivity index (χ2n) is 8.17. The first-order valence-electron chi connectivity index (χ1n) is 11.2. The maximum Gasteiger partial charge on any atom is 0.213 e. The van der Waals surface area contributed by atoms with Gasteiger partial charge < -0.3 is 20.3 Å². The van der Waals surface area contributed by atoms with E-state index in [9.17, 15) is 0 Å². The van der Waals surface area contributed by atoms with Gasteiger partial charge in [0.15, 0.2) is 5.96 Å². The number of hydrogen-bond donors (Lipinski definition) is 2. The summed E-state index contributed by atoms with van der Waals surface area (Å²) in [7, 11) is 1.83. The first-order valence-corrected chi connectivity index (χ1v) is 12.1. The molecule has 0 bridgehead atoms. The summed E-state index contributed by atoms with van der Waals surface area (Å²) in [6.07, 6.45) is 10.7. The number of hydrogen-bond acceptors (Lipinski definition) is 5. The minimum atomic E-state index is 0. The number of aromatic nitrogens is 1. The van der Waals surface area contributed by atoms with Crippen molar-refractivity contribution in [3.8, 4) is 5.88 Å². The zero-order valence-electron chi connectivity index (χ0n) is 18.3. The average molecular weight is 556 g/mol. The van der Waals surface area contributed by atoms with Crippen molar-refractivity contribution in [2.45, 2.75) is 63.6 Å². The monoisotopic (exact) mass is 555 g/mol. The van der Waals surface area contributed by atoms with Gasteiger partial charge in [0.05, 0.1) is 5.00 Å². The van der Waals surface area contributed by atoms with Crippen molar-refractivity contribution in [3.05, 3.63) is 41.4 Å². The number of aliphatic imine (C=N–C) groups is 1. The van der Waals surface area contributed by atoms with Crippen LogP contribution < -0.4 is 20.3 Å². The SMILES string of the molecule is CN=C(NCc1ccc(OC2CCCCC2)nc1)NC1CCN(c2cccs2)CC1.I. The van der Waals surface area contributed by atoms with E-state index < -0.39 is 0 Å². The molecule has 0 amide bonds. The molecule has 0 unspecified atom stereocenters. The predicted molar refractivity (Wildman–Crippen MR) is 140 cm³/mol. The topological polar surface area (TPSA) is 61.8 Å². The van der Waals surface area contributed by atoms with Gasteiger partial charge in [-0.3, -0.25) is 4.99 Å². The Morgan fingerprint density at radius 2 is 1.97 bits per heavy atom. The molecule has 1 aliphatic carbocycles. The second-order valence-corrected chi connectivity index (χ2v) is 9.09. The Bertz CT molecular complexity index is 785. The summed E-state index contributed by atoms with van der Waals surface area (Å²) in [5.74, 6) is 1.60. The fourth-order valence-electron chi connectivity index (χ4n) is 4.21. The van der Waals surface area contributed by atoms with Crippen LogP contribution in [-0.4, -0.2) is 43.2 Å². The zero-order chi connectivity index (χ0) is 20.6. The molecule has 0 spiro atoms. The minimum absolute atomic E-state index is 0. The van der Waals surface area contributed by atoms with Gasteiger partial charge in [0, 0.05) is 45.0 Å². The van der Waals surface area contributed by atoms with E-state index in [0.717, 1.165) is 56.2 Å². The molecule has 2 aromatic heterocycles. The first kappa shape index (κ1) is 24.1. The van der Waals surface area contributed by atoms with Crippen molar-refractivity contribution in [2.24, 2.45) is 4.99 Å². The summed E-state index contributed by atoms with van der Waals surface area (Å²) in [5.41, 5.74) is 1.13. The summed E-state index contributed by atoms with van der Waals surface area (Å²) in [4.78, 5) is 11.4. The summed E-state index contributed by atoms with van der Waals surface area (Å²) in [6, 6.07) is 8.86. The van der Waals surface area contributed by atoms with Gasteiger partial charge in [-0.05, 0) is 61.6 Å². The highest BCUT2D eigenvalue weighted by molar-refractivity contribution is 14.0. The van der Waals surface area contributed by atoms with Crippen LogP contribution >= 0.6 is 35.3 Å². The van der Waals surface area contributed by atoms with E-state index >= 15 is 0 Å². The number of guanidine groups is 1. The number of piperidine rings is 1. The lowest BCUT2D eigenvalue weighted by molar-refractivity contribution is 0.148. The van der Waals surface area contributed by atoms with Crippen LogP contribution in [0.15, 0.2) is 40.8 Å². The van der Waals surface area contributed by atoms with Gasteiger partial charge in [0.2, 0.25) is 5.88 Å². The van der Waals surface area contributed by atoms with Gasteiger partial charge in [-0.25, -0.2) is 4.98 Å². The largest absolute Gasteiger partial charge is 0.474 e. The van der Waals surface area contributed by atoms with Crippen LogP contribution in [0.25, 0.3) is 0 Å². The number of nitrogens with zero attached hydrogens (tertiary/aromatic N) is 3. The third-order valence-electron chi connectivity index (χ3n) is 5.97. The standard InChI is InChI=1S/C23H33N5OS.HI/c1-24-23(27-19-11-13-28(14-12-19)22-8-5-15-30-22)26-17-18-9-10-21(25-16-18)29-20-6-3-2-4-7-20;/h5,8-10,15-16,19-20H,2-4,6-7,11-14,17H2,1H3,(H2,24,26,27);1H. The van der Waals surface area contributed by atoms with Crippen molar-refractivity contribution in [2.75, 3.05) is 25.0 Å². The lowest BCUT2D eigenvalue weighted by atomic mass is 9.98. The van der Waals surface area contributed by atoms with Crippen molar-refractivity contribution < 1.29 is 4.74 Å². The van der Waals surface area contributed by atoms with Crippen molar-refractivity contribution in [1.82, 2.24) is 15.6 Å². The molecule has 2 aromatic rings. The number of ether oxygens (including phenoxy) is 1. The molecule has 2 N–H and O–H groups in total. The summed E-state index contributed by atoms with van der Waals surface area (Å²) < 4.78 is 6.02. The minimum Gasteiger partial charge on any atom is -0.474 e. The maximum atomic E-state index is 6.02. The van der Waals surface area contributed by atoms with Crippen LogP contribution in [0.1, 0.15) is 50.5 Å². The summed E-state index contributed by atoms with van der Waals surface area (Å²) >= 11 is 1.82. The van der Waals surface area contributed by atoms with E-state index in [1.165, 1.54) is 24.3 Å².